The Hall–Kier alpha value is -2.54. The molecule has 0 atom stereocenters. The maximum atomic E-state index is 11.8. The summed E-state index contributed by atoms with van der Waals surface area (Å²) in [5, 5.41) is 11.7. The smallest absolute Gasteiger partial charge is 0.325 e. The van der Waals surface area contributed by atoms with Gasteiger partial charge in [0.25, 0.3) is 11.5 Å². The van der Waals surface area contributed by atoms with Crippen molar-refractivity contribution in [2.45, 2.75) is 0 Å². The first-order valence-electron chi connectivity index (χ1n) is 5.09. The molecule has 0 saturated carbocycles. The van der Waals surface area contributed by atoms with E-state index in [1.165, 1.54) is 18.2 Å². The molecular formula is C11H8ClN3O4. The van der Waals surface area contributed by atoms with Crippen LogP contribution in [-0.4, -0.2) is 21.0 Å². The molecule has 0 aliphatic heterocycles. The number of amides is 1. The maximum absolute atomic E-state index is 11.8. The minimum Gasteiger partial charge on any atom is -0.508 e. The van der Waals surface area contributed by atoms with Crippen LogP contribution in [0, 0.1) is 0 Å². The molecule has 0 fully saturated rings. The van der Waals surface area contributed by atoms with Crippen molar-refractivity contribution in [3.05, 3.63) is 55.8 Å². The van der Waals surface area contributed by atoms with E-state index < -0.39 is 17.2 Å². The molecule has 0 radical (unpaired) electrons. The summed E-state index contributed by atoms with van der Waals surface area (Å²) in [5.41, 5.74) is -1.54. The zero-order valence-corrected chi connectivity index (χ0v) is 10.1. The van der Waals surface area contributed by atoms with Gasteiger partial charge in [-0.1, -0.05) is 11.6 Å². The van der Waals surface area contributed by atoms with Crippen molar-refractivity contribution in [3.8, 4) is 5.75 Å². The lowest BCUT2D eigenvalue weighted by molar-refractivity contribution is 0.102. The number of aromatic amines is 2. The minimum atomic E-state index is -0.809. The first-order valence-corrected chi connectivity index (χ1v) is 5.47. The molecule has 1 amide bonds. The number of rotatable bonds is 2. The van der Waals surface area contributed by atoms with E-state index in [0.717, 1.165) is 6.20 Å². The standard InChI is InChI=1S/C11H8ClN3O4/c12-7-3-5(16)1-2-8(7)14-9(17)6-4-13-11(19)15-10(6)18/h1-4,16H,(H,14,17)(H2,13,15,18,19). The molecule has 8 heteroatoms. The van der Waals surface area contributed by atoms with Gasteiger partial charge in [-0.25, -0.2) is 4.79 Å². The van der Waals surface area contributed by atoms with Crippen molar-refractivity contribution in [3.63, 3.8) is 0 Å². The van der Waals surface area contributed by atoms with Crippen molar-refractivity contribution in [2.75, 3.05) is 5.32 Å². The van der Waals surface area contributed by atoms with Crippen molar-refractivity contribution >= 4 is 23.2 Å². The summed E-state index contributed by atoms with van der Waals surface area (Å²) in [6.45, 7) is 0. The largest absolute Gasteiger partial charge is 0.508 e. The molecule has 2 aromatic rings. The number of benzene rings is 1. The van der Waals surface area contributed by atoms with Crippen LogP contribution in [0.1, 0.15) is 10.4 Å². The molecule has 98 valence electrons. The molecule has 1 aromatic carbocycles. The lowest BCUT2D eigenvalue weighted by Gasteiger charge is -2.06. The molecule has 19 heavy (non-hydrogen) atoms. The average Bonchev–Trinajstić information content (AvgIpc) is 2.32. The van der Waals surface area contributed by atoms with Crippen LogP contribution in [0.25, 0.3) is 0 Å². The van der Waals surface area contributed by atoms with E-state index in [2.05, 4.69) is 10.3 Å². The second kappa shape index (κ2) is 4.99. The van der Waals surface area contributed by atoms with Gasteiger partial charge in [0.1, 0.15) is 11.3 Å². The average molecular weight is 282 g/mol. The number of aromatic nitrogens is 2. The first-order chi connectivity index (χ1) is 8.97. The van der Waals surface area contributed by atoms with Crippen LogP contribution < -0.4 is 16.6 Å². The van der Waals surface area contributed by atoms with Crippen LogP contribution in [0.3, 0.4) is 0 Å². The molecule has 2 rings (SSSR count). The van der Waals surface area contributed by atoms with Crippen molar-refractivity contribution < 1.29 is 9.90 Å². The van der Waals surface area contributed by atoms with Gasteiger partial charge in [-0.15, -0.1) is 0 Å². The Labute approximate surface area is 110 Å². The van der Waals surface area contributed by atoms with Crippen LogP contribution in [0.2, 0.25) is 5.02 Å². The third kappa shape index (κ3) is 2.83. The molecule has 0 spiro atoms. The van der Waals surface area contributed by atoms with Gasteiger partial charge in [-0.3, -0.25) is 14.6 Å². The number of carbonyl (C=O) groups is 1. The highest BCUT2D eigenvalue weighted by molar-refractivity contribution is 6.34. The maximum Gasteiger partial charge on any atom is 0.325 e. The fourth-order valence-corrected chi connectivity index (χ4v) is 1.60. The Morgan fingerprint density at radius 3 is 2.68 bits per heavy atom. The van der Waals surface area contributed by atoms with E-state index in [9.17, 15) is 19.5 Å². The number of hydrogen-bond acceptors (Lipinski definition) is 4. The van der Waals surface area contributed by atoms with E-state index >= 15 is 0 Å². The summed E-state index contributed by atoms with van der Waals surface area (Å²) in [4.78, 5) is 38.1. The highest BCUT2D eigenvalue weighted by atomic mass is 35.5. The Morgan fingerprint density at radius 2 is 2.05 bits per heavy atom. The lowest BCUT2D eigenvalue weighted by atomic mass is 10.2. The molecule has 1 aromatic heterocycles. The summed E-state index contributed by atoms with van der Waals surface area (Å²) >= 11 is 5.81. The molecule has 4 N–H and O–H groups in total. The molecule has 7 nitrogen and oxygen atoms in total. The van der Waals surface area contributed by atoms with Crippen molar-refractivity contribution in [2.24, 2.45) is 0 Å². The Morgan fingerprint density at radius 1 is 1.32 bits per heavy atom. The number of anilines is 1. The third-order valence-corrected chi connectivity index (χ3v) is 2.58. The molecule has 0 aliphatic rings. The summed E-state index contributed by atoms with van der Waals surface area (Å²) in [6, 6.07) is 3.96. The van der Waals surface area contributed by atoms with Crippen LogP contribution in [0.15, 0.2) is 34.0 Å². The number of phenols is 1. The van der Waals surface area contributed by atoms with E-state index in [1.54, 1.807) is 0 Å². The monoisotopic (exact) mass is 281 g/mol. The lowest BCUT2D eigenvalue weighted by Crippen LogP contribution is -2.29. The van der Waals surface area contributed by atoms with E-state index in [1.807, 2.05) is 4.98 Å². The number of aromatic hydroxyl groups is 1. The normalized spacial score (nSPS) is 10.2. The zero-order chi connectivity index (χ0) is 14.0. The quantitative estimate of drug-likeness (QED) is 0.606. The summed E-state index contributed by atoms with van der Waals surface area (Å²) in [7, 11) is 0. The van der Waals surface area contributed by atoms with E-state index in [-0.39, 0.29) is 22.0 Å². The van der Waals surface area contributed by atoms with Gasteiger partial charge in [0.15, 0.2) is 0 Å². The minimum absolute atomic E-state index is 0.0510. The summed E-state index contributed by atoms with van der Waals surface area (Å²) in [6.07, 6.45) is 1.00. The fourth-order valence-electron chi connectivity index (χ4n) is 1.37. The topological polar surface area (TPSA) is 115 Å². The predicted molar refractivity (Wildman–Crippen MR) is 68.8 cm³/mol. The number of nitrogens with one attached hydrogen (secondary N) is 3. The number of hydrogen-bond donors (Lipinski definition) is 4. The fraction of sp³-hybridized carbons (Fsp3) is 0. The highest BCUT2D eigenvalue weighted by Crippen LogP contribution is 2.26. The SMILES string of the molecule is O=C(Nc1ccc(O)cc1Cl)c1c[nH]c(=O)[nH]c1=O. The Balaban J connectivity index is 2.31. The van der Waals surface area contributed by atoms with Crippen molar-refractivity contribution in [1.82, 2.24) is 9.97 Å². The van der Waals surface area contributed by atoms with Crippen LogP contribution in [0.5, 0.6) is 5.75 Å². The third-order valence-electron chi connectivity index (χ3n) is 2.26. The summed E-state index contributed by atoms with van der Waals surface area (Å²) in [5.74, 6) is -0.782. The van der Waals surface area contributed by atoms with E-state index in [4.69, 9.17) is 11.6 Å². The molecular weight excluding hydrogens is 274 g/mol. The molecule has 1 heterocycles. The highest BCUT2D eigenvalue weighted by Gasteiger charge is 2.12. The Bertz CT molecular complexity index is 750. The van der Waals surface area contributed by atoms with Gasteiger partial charge in [0.05, 0.1) is 10.7 Å². The molecule has 0 aliphatic carbocycles. The van der Waals surface area contributed by atoms with Gasteiger partial charge in [0.2, 0.25) is 0 Å². The Kier molecular flexibility index (Phi) is 3.39. The number of carbonyl (C=O) groups excluding carboxylic acids is 1. The van der Waals surface area contributed by atoms with Gasteiger partial charge < -0.3 is 15.4 Å². The van der Waals surface area contributed by atoms with Gasteiger partial charge >= 0.3 is 5.69 Å². The van der Waals surface area contributed by atoms with Gasteiger partial charge in [-0.05, 0) is 12.1 Å². The number of H-pyrrole nitrogens is 2. The first kappa shape index (κ1) is 12.9. The van der Waals surface area contributed by atoms with E-state index in [0.29, 0.717) is 0 Å². The molecule has 0 bridgehead atoms. The van der Waals surface area contributed by atoms with Crippen LogP contribution in [0.4, 0.5) is 5.69 Å². The summed E-state index contributed by atoms with van der Waals surface area (Å²) < 4.78 is 0. The predicted octanol–water partition coefficient (Wildman–Crippen LogP) is 0.674. The van der Waals surface area contributed by atoms with Crippen LogP contribution >= 0.6 is 11.6 Å². The van der Waals surface area contributed by atoms with Gasteiger partial charge in [0, 0.05) is 12.3 Å². The van der Waals surface area contributed by atoms with Crippen LogP contribution in [-0.2, 0) is 0 Å². The van der Waals surface area contributed by atoms with Gasteiger partial charge in [-0.2, -0.15) is 0 Å². The molecule has 0 saturated heterocycles. The second-order valence-electron chi connectivity index (χ2n) is 3.60. The molecule has 0 unspecified atom stereocenters. The zero-order valence-electron chi connectivity index (χ0n) is 9.36. The number of phenolic OH excluding ortho intramolecular Hbond substituents is 1. The number of halogens is 1. The second-order valence-corrected chi connectivity index (χ2v) is 4.01. The van der Waals surface area contributed by atoms with Crippen molar-refractivity contribution in [1.29, 1.82) is 0 Å².